The molecule has 0 saturated carbocycles. The summed E-state index contributed by atoms with van der Waals surface area (Å²) < 4.78 is 5.61. The lowest BCUT2D eigenvalue weighted by Gasteiger charge is -2.22. The monoisotopic (exact) mass is 592 g/mol. The third-order valence-corrected chi connectivity index (χ3v) is 7.34. The van der Waals surface area contributed by atoms with E-state index in [1.54, 1.807) is 0 Å². The van der Waals surface area contributed by atoms with Crippen LogP contribution in [-0.2, 0) is 25.5 Å². The largest absolute Gasteiger partial charge is 0.480 e. The van der Waals surface area contributed by atoms with Crippen LogP contribution in [-0.4, -0.2) is 52.9 Å². The van der Waals surface area contributed by atoms with Crippen LogP contribution in [0.15, 0.2) is 78.9 Å². The number of alkyl halides is 1. The van der Waals surface area contributed by atoms with Gasteiger partial charge in [0.25, 0.3) is 0 Å². The summed E-state index contributed by atoms with van der Waals surface area (Å²) in [6.45, 7) is 0.0753. The topological polar surface area (TPSA) is 122 Å². The molecule has 0 spiro atoms. The maximum atomic E-state index is 13.2. The summed E-state index contributed by atoms with van der Waals surface area (Å²) in [7, 11) is 0. The molecule has 0 radical (unpaired) electrons. The van der Waals surface area contributed by atoms with Crippen molar-refractivity contribution in [1.29, 1.82) is 0 Å². The summed E-state index contributed by atoms with van der Waals surface area (Å²) in [6.07, 6.45) is -0.724. The number of halogens is 1. The first-order chi connectivity index (χ1) is 18.9. The molecule has 9 heteroatoms. The predicted molar refractivity (Wildman–Crippen MR) is 150 cm³/mol. The van der Waals surface area contributed by atoms with Gasteiger partial charge >= 0.3 is 12.1 Å². The molecule has 39 heavy (non-hydrogen) atoms. The number of hydrogen-bond donors (Lipinski definition) is 3. The second-order valence-corrected chi connectivity index (χ2v) is 9.88. The summed E-state index contributed by atoms with van der Waals surface area (Å²) in [4.78, 5) is 49.5. The van der Waals surface area contributed by atoms with E-state index in [1.807, 2.05) is 78.9 Å². The number of ketones is 1. The fraction of sp³-hybridized carbons (Fsp3) is 0.267. The summed E-state index contributed by atoms with van der Waals surface area (Å²) >= 11 is 3.05. The number of carbonyl (C=O) groups is 4. The summed E-state index contributed by atoms with van der Waals surface area (Å²) in [5.74, 6) is -2.25. The highest BCUT2D eigenvalue weighted by Crippen LogP contribution is 2.44. The highest BCUT2D eigenvalue weighted by atomic mass is 79.9. The van der Waals surface area contributed by atoms with Gasteiger partial charge in [-0.15, -0.1) is 0 Å². The maximum Gasteiger partial charge on any atom is 0.407 e. The first kappa shape index (κ1) is 28.0. The number of carbonyl (C=O) groups excluding carboxylic acids is 3. The van der Waals surface area contributed by atoms with E-state index in [2.05, 4.69) is 26.6 Å². The zero-order valence-electron chi connectivity index (χ0n) is 21.1. The van der Waals surface area contributed by atoms with Crippen molar-refractivity contribution in [3.05, 3.63) is 95.6 Å². The van der Waals surface area contributed by atoms with Gasteiger partial charge in [0, 0.05) is 18.8 Å². The molecule has 3 N–H and O–H groups in total. The fourth-order valence-electron chi connectivity index (χ4n) is 4.74. The van der Waals surface area contributed by atoms with E-state index < -0.39 is 30.1 Å². The molecule has 2 atom stereocenters. The van der Waals surface area contributed by atoms with Gasteiger partial charge < -0.3 is 20.5 Å². The van der Waals surface area contributed by atoms with Crippen molar-refractivity contribution in [3.8, 4) is 11.1 Å². The van der Waals surface area contributed by atoms with Crippen molar-refractivity contribution >= 4 is 39.7 Å². The van der Waals surface area contributed by atoms with Crippen LogP contribution in [0.3, 0.4) is 0 Å². The van der Waals surface area contributed by atoms with Gasteiger partial charge in [0.1, 0.15) is 24.5 Å². The first-order valence-corrected chi connectivity index (χ1v) is 13.8. The number of nitrogens with one attached hydrogen (secondary N) is 2. The van der Waals surface area contributed by atoms with E-state index in [1.165, 1.54) is 0 Å². The number of fused-ring (bicyclic) bond motifs is 3. The molecular weight excluding hydrogens is 564 g/mol. The number of amides is 2. The van der Waals surface area contributed by atoms with Crippen LogP contribution < -0.4 is 10.6 Å². The molecule has 0 saturated heterocycles. The molecule has 1 aliphatic rings. The smallest absolute Gasteiger partial charge is 0.407 e. The van der Waals surface area contributed by atoms with Crippen LogP contribution in [0.4, 0.5) is 4.79 Å². The average Bonchev–Trinajstić information content (AvgIpc) is 3.27. The molecule has 0 bridgehead atoms. The highest BCUT2D eigenvalue weighted by Gasteiger charge is 2.31. The van der Waals surface area contributed by atoms with Crippen LogP contribution >= 0.6 is 15.9 Å². The molecule has 202 valence electrons. The molecule has 0 aromatic heterocycles. The number of aliphatic carboxylic acids is 1. The molecule has 4 rings (SSSR count). The van der Waals surface area contributed by atoms with Crippen LogP contribution in [0.1, 0.15) is 35.4 Å². The fourth-order valence-corrected chi connectivity index (χ4v) is 5.02. The number of carboxylic acid groups (broad SMARTS) is 1. The van der Waals surface area contributed by atoms with Gasteiger partial charge in [-0.3, -0.25) is 9.59 Å². The van der Waals surface area contributed by atoms with Crippen molar-refractivity contribution in [2.45, 2.75) is 37.3 Å². The minimum atomic E-state index is -1.27. The van der Waals surface area contributed by atoms with Gasteiger partial charge in [0.15, 0.2) is 0 Å². The van der Waals surface area contributed by atoms with Crippen molar-refractivity contribution < 1.29 is 29.0 Å². The Kier molecular flexibility index (Phi) is 9.49. The Labute approximate surface area is 234 Å². The van der Waals surface area contributed by atoms with Gasteiger partial charge in [0.2, 0.25) is 5.91 Å². The summed E-state index contributed by atoms with van der Waals surface area (Å²) in [5.41, 5.74) is 5.10. The van der Waals surface area contributed by atoms with Gasteiger partial charge in [-0.05, 0) is 34.2 Å². The molecule has 8 nitrogen and oxygen atoms in total. The third kappa shape index (κ3) is 7.11. The second-order valence-electron chi connectivity index (χ2n) is 9.32. The number of benzene rings is 3. The Morgan fingerprint density at radius 3 is 2.00 bits per heavy atom. The maximum absolute atomic E-state index is 13.2. The molecule has 3 aromatic rings. The molecule has 1 aliphatic carbocycles. The van der Waals surface area contributed by atoms with Gasteiger partial charge in [-0.2, -0.15) is 0 Å². The Balaban J connectivity index is 1.45. The molecular formula is C30H29BrN2O6. The van der Waals surface area contributed by atoms with Crippen molar-refractivity contribution in [1.82, 2.24) is 10.6 Å². The lowest BCUT2D eigenvalue weighted by atomic mass is 9.98. The van der Waals surface area contributed by atoms with E-state index in [4.69, 9.17) is 4.74 Å². The van der Waals surface area contributed by atoms with Crippen molar-refractivity contribution in [2.75, 3.05) is 11.9 Å². The molecule has 2 amide bonds. The van der Waals surface area contributed by atoms with Crippen LogP contribution in [0.5, 0.6) is 0 Å². The molecule has 3 aromatic carbocycles. The molecule has 0 heterocycles. The number of hydrogen-bond acceptors (Lipinski definition) is 5. The van der Waals surface area contributed by atoms with Gasteiger partial charge in [0.05, 0.1) is 5.33 Å². The number of rotatable bonds is 12. The van der Waals surface area contributed by atoms with E-state index in [9.17, 15) is 24.3 Å². The first-order valence-electron chi connectivity index (χ1n) is 12.6. The molecule has 0 unspecified atom stereocenters. The minimum absolute atomic E-state index is 0.00828. The SMILES string of the molecule is O=C(CBr)CC[C@H](NC(=O)[C@H](Cc1ccccc1)NC(=O)OCC1c2ccccc2-c2ccccc21)C(=O)O. The standard InChI is InChI=1S/C30H29BrN2O6/c31-17-20(34)14-15-26(29(36)37)32-28(35)27(16-19-8-2-1-3-9-19)33-30(38)39-18-25-23-12-6-4-10-21(23)22-11-5-7-13-24(22)25/h1-13,25-27H,14-18H2,(H,32,35)(H,33,38)(H,36,37)/t26-,27-/m0/s1. The zero-order valence-corrected chi connectivity index (χ0v) is 22.7. The van der Waals surface area contributed by atoms with Gasteiger partial charge in [-0.25, -0.2) is 9.59 Å². The van der Waals surface area contributed by atoms with Crippen LogP contribution in [0.25, 0.3) is 11.1 Å². The lowest BCUT2D eigenvalue weighted by Crippen LogP contribution is -2.52. The number of Topliss-reactive ketones (excluding diaryl/α,β-unsaturated/α-hetero) is 1. The Morgan fingerprint density at radius 2 is 1.41 bits per heavy atom. The van der Waals surface area contributed by atoms with E-state index in [-0.39, 0.29) is 42.9 Å². The van der Waals surface area contributed by atoms with E-state index >= 15 is 0 Å². The third-order valence-electron chi connectivity index (χ3n) is 6.71. The Hall–Kier alpha value is -3.98. The normalized spacial score (nSPS) is 13.5. The highest BCUT2D eigenvalue weighted by molar-refractivity contribution is 9.09. The Morgan fingerprint density at radius 1 is 0.821 bits per heavy atom. The van der Waals surface area contributed by atoms with Gasteiger partial charge in [-0.1, -0.05) is 94.8 Å². The Bertz CT molecular complexity index is 1300. The van der Waals surface area contributed by atoms with E-state index in [0.29, 0.717) is 0 Å². The zero-order chi connectivity index (χ0) is 27.8. The second kappa shape index (κ2) is 13.2. The van der Waals surface area contributed by atoms with E-state index in [0.717, 1.165) is 27.8 Å². The summed E-state index contributed by atoms with van der Waals surface area (Å²) in [5, 5.41) is 14.8. The number of ether oxygens (including phenoxy) is 1. The predicted octanol–water partition coefficient (Wildman–Crippen LogP) is 4.45. The molecule has 0 fully saturated rings. The molecule has 0 aliphatic heterocycles. The average molecular weight is 593 g/mol. The minimum Gasteiger partial charge on any atom is -0.480 e. The van der Waals surface area contributed by atoms with Crippen LogP contribution in [0.2, 0.25) is 0 Å². The number of alkyl carbamates (subject to hydrolysis) is 1. The number of carboxylic acids is 1. The van der Waals surface area contributed by atoms with Crippen molar-refractivity contribution in [2.24, 2.45) is 0 Å². The van der Waals surface area contributed by atoms with Crippen molar-refractivity contribution in [3.63, 3.8) is 0 Å². The quantitative estimate of drug-likeness (QED) is 0.267. The van der Waals surface area contributed by atoms with Crippen LogP contribution in [0, 0.1) is 0 Å². The summed E-state index contributed by atoms with van der Waals surface area (Å²) in [6, 6.07) is 22.6. The lowest BCUT2D eigenvalue weighted by molar-refractivity contribution is -0.142.